The SMILES string of the molecule is O=C(O)c1cnc2c(cnc3ncccc32)n1. The molecule has 0 radical (unpaired) electrons. The monoisotopic (exact) mass is 226 g/mol. The zero-order valence-corrected chi connectivity index (χ0v) is 8.53. The van der Waals surface area contributed by atoms with Crippen molar-refractivity contribution in [3.63, 3.8) is 0 Å². The molecule has 6 heteroatoms. The van der Waals surface area contributed by atoms with Gasteiger partial charge in [-0.1, -0.05) is 0 Å². The number of rotatable bonds is 1. The molecule has 0 bridgehead atoms. The van der Waals surface area contributed by atoms with Crippen LogP contribution in [0.25, 0.3) is 22.1 Å². The molecule has 0 unspecified atom stereocenters. The summed E-state index contributed by atoms with van der Waals surface area (Å²) in [6, 6.07) is 3.60. The summed E-state index contributed by atoms with van der Waals surface area (Å²) in [5.41, 5.74) is 1.53. The lowest BCUT2D eigenvalue weighted by atomic mass is 10.2. The zero-order chi connectivity index (χ0) is 11.8. The van der Waals surface area contributed by atoms with Crippen LogP contribution in [0.1, 0.15) is 10.5 Å². The van der Waals surface area contributed by atoms with Crippen LogP contribution in [0.15, 0.2) is 30.7 Å². The molecule has 0 aliphatic heterocycles. The summed E-state index contributed by atoms with van der Waals surface area (Å²) in [4.78, 5) is 27.0. The van der Waals surface area contributed by atoms with Gasteiger partial charge in [-0.25, -0.2) is 19.7 Å². The number of fused-ring (bicyclic) bond motifs is 3. The van der Waals surface area contributed by atoms with E-state index >= 15 is 0 Å². The first-order valence-electron chi connectivity index (χ1n) is 4.85. The van der Waals surface area contributed by atoms with E-state index in [2.05, 4.69) is 19.9 Å². The molecule has 0 saturated heterocycles. The van der Waals surface area contributed by atoms with Gasteiger partial charge in [0, 0.05) is 11.6 Å². The minimum absolute atomic E-state index is 0.0949. The van der Waals surface area contributed by atoms with E-state index in [4.69, 9.17) is 5.11 Å². The standard InChI is InChI=1S/C11H6N4O2/c16-11(17)8-5-13-9-6-2-1-3-12-10(6)14-4-7(9)15-8/h1-5H,(H,16,17). The van der Waals surface area contributed by atoms with Crippen molar-refractivity contribution in [2.75, 3.05) is 0 Å². The molecule has 3 heterocycles. The zero-order valence-electron chi connectivity index (χ0n) is 8.53. The van der Waals surface area contributed by atoms with Gasteiger partial charge >= 0.3 is 5.97 Å². The summed E-state index contributed by atoms with van der Waals surface area (Å²) < 4.78 is 0. The van der Waals surface area contributed by atoms with E-state index in [1.165, 1.54) is 12.4 Å². The van der Waals surface area contributed by atoms with Crippen molar-refractivity contribution in [1.82, 2.24) is 19.9 Å². The Morgan fingerprint density at radius 2 is 2.06 bits per heavy atom. The summed E-state index contributed by atoms with van der Waals surface area (Å²) in [5.74, 6) is -1.11. The molecule has 3 rings (SSSR count). The Kier molecular flexibility index (Phi) is 1.94. The normalized spacial score (nSPS) is 10.8. The highest BCUT2D eigenvalue weighted by atomic mass is 16.4. The quantitative estimate of drug-likeness (QED) is 0.628. The first-order chi connectivity index (χ1) is 8.25. The van der Waals surface area contributed by atoms with Gasteiger partial charge in [0.1, 0.15) is 11.0 Å². The van der Waals surface area contributed by atoms with Crippen molar-refractivity contribution in [2.24, 2.45) is 0 Å². The molecule has 0 saturated carbocycles. The number of aromatic nitrogens is 4. The van der Waals surface area contributed by atoms with E-state index in [1.54, 1.807) is 12.3 Å². The molecule has 0 aliphatic carbocycles. The molecular weight excluding hydrogens is 220 g/mol. The van der Waals surface area contributed by atoms with Gasteiger partial charge in [-0.2, -0.15) is 0 Å². The maximum Gasteiger partial charge on any atom is 0.356 e. The molecule has 1 N–H and O–H groups in total. The second kappa shape index (κ2) is 3.44. The van der Waals surface area contributed by atoms with Gasteiger partial charge in [-0.05, 0) is 12.1 Å². The fourth-order valence-electron chi connectivity index (χ4n) is 1.61. The van der Waals surface area contributed by atoms with Gasteiger partial charge in [0.25, 0.3) is 0 Å². The molecule has 0 amide bonds. The van der Waals surface area contributed by atoms with E-state index in [-0.39, 0.29) is 5.69 Å². The third-order valence-corrected chi connectivity index (χ3v) is 2.37. The van der Waals surface area contributed by atoms with Crippen molar-refractivity contribution >= 4 is 28.0 Å². The topological polar surface area (TPSA) is 88.9 Å². The molecule has 82 valence electrons. The molecule has 0 spiro atoms. The summed E-state index contributed by atoms with van der Waals surface area (Å²) in [7, 11) is 0. The van der Waals surface area contributed by atoms with E-state index in [1.807, 2.05) is 6.07 Å². The van der Waals surface area contributed by atoms with Crippen molar-refractivity contribution in [3.8, 4) is 0 Å². The van der Waals surface area contributed by atoms with Crippen LogP contribution in [0, 0.1) is 0 Å². The maximum atomic E-state index is 10.8. The van der Waals surface area contributed by atoms with Crippen molar-refractivity contribution in [1.29, 1.82) is 0 Å². The number of carboxylic acids is 1. The van der Waals surface area contributed by atoms with E-state index in [9.17, 15) is 4.79 Å². The Balaban J connectivity index is 2.41. The molecule has 3 aromatic heterocycles. The van der Waals surface area contributed by atoms with Gasteiger partial charge in [0.15, 0.2) is 11.3 Å². The van der Waals surface area contributed by atoms with Crippen molar-refractivity contribution in [3.05, 3.63) is 36.4 Å². The lowest BCUT2D eigenvalue weighted by Crippen LogP contribution is -2.02. The Bertz CT molecular complexity index is 742. The molecule has 0 atom stereocenters. The molecule has 17 heavy (non-hydrogen) atoms. The summed E-state index contributed by atoms with van der Waals surface area (Å²) >= 11 is 0. The highest BCUT2D eigenvalue weighted by molar-refractivity contribution is 6.00. The lowest BCUT2D eigenvalue weighted by Gasteiger charge is -2.01. The third kappa shape index (κ3) is 1.46. The van der Waals surface area contributed by atoms with Gasteiger partial charge in [-0.3, -0.25) is 4.98 Å². The number of pyridine rings is 2. The van der Waals surface area contributed by atoms with E-state index < -0.39 is 5.97 Å². The average molecular weight is 226 g/mol. The summed E-state index contributed by atoms with van der Waals surface area (Å²) in [6.07, 6.45) is 4.35. The Morgan fingerprint density at radius 3 is 2.88 bits per heavy atom. The molecule has 3 aromatic rings. The maximum absolute atomic E-state index is 10.8. The first kappa shape index (κ1) is 9.59. The van der Waals surface area contributed by atoms with Crippen molar-refractivity contribution < 1.29 is 9.90 Å². The number of carboxylic acid groups (broad SMARTS) is 1. The number of hydrogen-bond donors (Lipinski definition) is 1. The molecule has 0 aromatic carbocycles. The Labute approximate surface area is 95.0 Å². The Hall–Kier alpha value is -2.63. The van der Waals surface area contributed by atoms with Crippen molar-refractivity contribution in [2.45, 2.75) is 0 Å². The predicted molar refractivity (Wildman–Crippen MR) is 59.6 cm³/mol. The largest absolute Gasteiger partial charge is 0.476 e. The number of carbonyl (C=O) groups is 1. The number of hydrogen-bond acceptors (Lipinski definition) is 5. The van der Waals surface area contributed by atoms with Crippen LogP contribution in [0.2, 0.25) is 0 Å². The highest BCUT2D eigenvalue weighted by Gasteiger charge is 2.09. The van der Waals surface area contributed by atoms with E-state index in [0.717, 1.165) is 5.39 Å². The molecular formula is C11H6N4O2. The van der Waals surface area contributed by atoms with Crippen LogP contribution in [0.5, 0.6) is 0 Å². The minimum atomic E-state index is -1.11. The summed E-state index contributed by atoms with van der Waals surface area (Å²) in [5, 5.41) is 9.58. The second-order valence-electron chi connectivity index (χ2n) is 3.43. The molecule has 6 nitrogen and oxygen atoms in total. The van der Waals surface area contributed by atoms with Crippen LogP contribution in [0.3, 0.4) is 0 Å². The fraction of sp³-hybridized carbons (Fsp3) is 0. The molecule has 0 fully saturated rings. The van der Waals surface area contributed by atoms with Crippen LogP contribution < -0.4 is 0 Å². The number of nitrogens with zero attached hydrogens (tertiary/aromatic N) is 4. The van der Waals surface area contributed by atoms with Gasteiger partial charge < -0.3 is 5.11 Å². The predicted octanol–water partition coefficient (Wildman–Crippen LogP) is 1.27. The second-order valence-corrected chi connectivity index (χ2v) is 3.43. The van der Waals surface area contributed by atoms with Crippen LogP contribution in [0.4, 0.5) is 0 Å². The van der Waals surface area contributed by atoms with Gasteiger partial charge in [-0.15, -0.1) is 0 Å². The smallest absolute Gasteiger partial charge is 0.356 e. The highest BCUT2D eigenvalue weighted by Crippen LogP contribution is 2.18. The summed E-state index contributed by atoms with van der Waals surface area (Å²) in [6.45, 7) is 0. The molecule has 0 aliphatic rings. The lowest BCUT2D eigenvalue weighted by molar-refractivity contribution is 0.0690. The third-order valence-electron chi connectivity index (χ3n) is 2.37. The minimum Gasteiger partial charge on any atom is -0.476 e. The average Bonchev–Trinajstić information content (AvgIpc) is 2.38. The van der Waals surface area contributed by atoms with Gasteiger partial charge in [0.2, 0.25) is 0 Å². The number of aromatic carboxylic acids is 1. The van der Waals surface area contributed by atoms with Crippen LogP contribution in [-0.4, -0.2) is 31.0 Å². The fourth-order valence-corrected chi connectivity index (χ4v) is 1.61. The van der Waals surface area contributed by atoms with E-state index in [0.29, 0.717) is 16.7 Å². The van der Waals surface area contributed by atoms with Gasteiger partial charge in [0.05, 0.1) is 12.4 Å². The van der Waals surface area contributed by atoms with Crippen LogP contribution in [-0.2, 0) is 0 Å². The Morgan fingerprint density at radius 1 is 1.18 bits per heavy atom. The first-order valence-corrected chi connectivity index (χ1v) is 4.85. The van der Waals surface area contributed by atoms with Crippen LogP contribution >= 0.6 is 0 Å².